The highest BCUT2D eigenvalue weighted by molar-refractivity contribution is 7.86. The second kappa shape index (κ2) is 13.9. The van der Waals surface area contributed by atoms with Crippen molar-refractivity contribution in [2.24, 2.45) is 5.14 Å². The van der Waals surface area contributed by atoms with E-state index in [0.717, 1.165) is 48.3 Å². The molecule has 4 aromatic rings. The molecule has 0 bridgehead atoms. The number of piperazine rings is 1. The number of carboxylic acids is 1. The van der Waals surface area contributed by atoms with E-state index in [9.17, 15) is 21.6 Å². The zero-order valence-electron chi connectivity index (χ0n) is 25.0. The van der Waals surface area contributed by atoms with Gasteiger partial charge in [-0.1, -0.05) is 0 Å². The molecular weight excluding hydrogens is 668 g/mol. The van der Waals surface area contributed by atoms with Crippen LogP contribution in [0.5, 0.6) is 0 Å². The molecule has 0 saturated carbocycles. The van der Waals surface area contributed by atoms with Crippen molar-refractivity contribution < 1.29 is 44.7 Å². The summed E-state index contributed by atoms with van der Waals surface area (Å²) in [5.41, 5.74) is 1.68. The average molecular weight is 698 g/mol. The first-order valence-electron chi connectivity index (χ1n) is 14.5. The summed E-state index contributed by atoms with van der Waals surface area (Å²) in [7, 11) is -4.13. The highest BCUT2D eigenvalue weighted by Crippen LogP contribution is 2.40. The van der Waals surface area contributed by atoms with Crippen LogP contribution in [0.2, 0.25) is 0 Å². The fraction of sp³-hybridized carbons (Fsp3) is 0.300. The van der Waals surface area contributed by atoms with Gasteiger partial charge in [-0.3, -0.25) is 4.98 Å². The number of nitrogens with two attached hydrogens (primary N) is 1. The van der Waals surface area contributed by atoms with Gasteiger partial charge in [-0.25, -0.2) is 27.8 Å². The molecule has 0 amide bonds. The molecule has 4 N–H and O–H groups in total. The van der Waals surface area contributed by atoms with E-state index in [1.807, 2.05) is 0 Å². The molecule has 2 aliphatic heterocycles. The molecule has 4 heterocycles. The lowest BCUT2D eigenvalue weighted by Gasteiger charge is -2.29. The lowest BCUT2D eigenvalue weighted by Crippen LogP contribution is -2.43. The van der Waals surface area contributed by atoms with Crippen LogP contribution in [-0.4, -0.2) is 77.5 Å². The van der Waals surface area contributed by atoms with Crippen LogP contribution in [0.1, 0.15) is 24.4 Å². The van der Waals surface area contributed by atoms with Crippen molar-refractivity contribution >= 4 is 21.9 Å². The Bertz CT molecular complexity index is 1900. The first kappa shape index (κ1) is 34.8. The average Bonchev–Trinajstić information content (AvgIpc) is 3.71. The number of halogens is 6. The van der Waals surface area contributed by atoms with Crippen molar-refractivity contribution in [1.82, 2.24) is 24.4 Å². The van der Waals surface area contributed by atoms with Crippen LogP contribution in [0, 0.1) is 17.5 Å². The Morgan fingerprint density at radius 1 is 0.979 bits per heavy atom. The molecule has 2 aromatic heterocycles. The Labute approximate surface area is 270 Å². The van der Waals surface area contributed by atoms with E-state index < -0.39 is 45.8 Å². The molecule has 11 nitrogen and oxygen atoms in total. The van der Waals surface area contributed by atoms with Gasteiger partial charge in [0.25, 0.3) is 10.2 Å². The van der Waals surface area contributed by atoms with Gasteiger partial charge in [0.15, 0.2) is 5.82 Å². The third kappa shape index (κ3) is 7.61. The normalized spacial score (nSPS) is 17.2. The Morgan fingerprint density at radius 3 is 2.25 bits per heavy atom. The molecule has 2 aliphatic rings. The van der Waals surface area contributed by atoms with Crippen molar-refractivity contribution in [3.63, 3.8) is 0 Å². The molecular formula is C30H29F6N7O4S. The number of nitrogens with zero attached hydrogens (tertiary/aromatic N) is 5. The summed E-state index contributed by atoms with van der Waals surface area (Å²) in [6, 6.07) is 9.26. The summed E-state index contributed by atoms with van der Waals surface area (Å²) < 4.78 is 105. The number of hydrogen-bond acceptors (Lipinski definition) is 7. The molecule has 0 spiro atoms. The molecule has 0 aliphatic carbocycles. The highest BCUT2D eigenvalue weighted by atomic mass is 32.2. The first-order chi connectivity index (χ1) is 22.6. The van der Waals surface area contributed by atoms with Crippen LogP contribution >= 0.6 is 0 Å². The van der Waals surface area contributed by atoms with Crippen LogP contribution in [0.4, 0.5) is 32.0 Å². The number of rotatable bonds is 6. The van der Waals surface area contributed by atoms with Crippen LogP contribution < -0.4 is 15.4 Å². The Kier molecular flexibility index (Phi) is 10.1. The van der Waals surface area contributed by atoms with Gasteiger partial charge < -0.3 is 15.3 Å². The predicted octanol–water partition coefficient (Wildman–Crippen LogP) is 4.40. The van der Waals surface area contributed by atoms with Crippen LogP contribution in [0.3, 0.4) is 0 Å². The third-order valence-electron chi connectivity index (χ3n) is 7.82. The lowest BCUT2D eigenvalue weighted by molar-refractivity contribution is -0.192. The number of aromatic nitrogens is 3. The molecule has 0 radical (unpaired) electrons. The number of carbonyl (C=O) groups is 1. The van der Waals surface area contributed by atoms with Gasteiger partial charge >= 0.3 is 12.1 Å². The fourth-order valence-corrected chi connectivity index (χ4v) is 6.58. The molecule has 1 unspecified atom stereocenters. The second-order valence-electron chi connectivity index (χ2n) is 10.9. The molecule has 1 atom stereocenters. The van der Waals surface area contributed by atoms with Gasteiger partial charge in [-0.2, -0.15) is 31.0 Å². The van der Waals surface area contributed by atoms with Gasteiger partial charge in [0.2, 0.25) is 0 Å². The van der Waals surface area contributed by atoms with Crippen molar-refractivity contribution in [2.45, 2.75) is 25.1 Å². The number of alkyl halides is 3. The predicted molar refractivity (Wildman–Crippen MR) is 163 cm³/mol. The lowest BCUT2D eigenvalue weighted by atomic mass is 9.96. The zero-order valence-corrected chi connectivity index (χ0v) is 25.8. The maximum atomic E-state index is 16.2. The SMILES string of the molecule is NS(=O)(=O)N1CCCC1c1cc(F)cc(-c2cn(-c3ccc(N4CCNCC4)cc3F)nc2-c2ccncc2)c1F.O=C(O)C(F)(F)F. The summed E-state index contributed by atoms with van der Waals surface area (Å²) in [5.74, 6) is -4.83. The quantitative estimate of drug-likeness (QED) is 0.252. The van der Waals surface area contributed by atoms with Gasteiger partial charge in [-0.15, -0.1) is 0 Å². The van der Waals surface area contributed by atoms with E-state index >= 15 is 13.2 Å². The van der Waals surface area contributed by atoms with Gasteiger partial charge in [0.1, 0.15) is 23.0 Å². The van der Waals surface area contributed by atoms with Crippen LogP contribution in [0.25, 0.3) is 28.1 Å². The van der Waals surface area contributed by atoms with E-state index in [4.69, 9.17) is 15.0 Å². The minimum absolute atomic E-state index is 0.109. The molecule has 48 heavy (non-hydrogen) atoms. The maximum Gasteiger partial charge on any atom is 0.490 e. The molecule has 2 fully saturated rings. The van der Waals surface area contributed by atoms with E-state index in [1.165, 1.54) is 29.3 Å². The number of aliphatic carboxylic acids is 1. The third-order valence-corrected chi connectivity index (χ3v) is 8.91. The van der Waals surface area contributed by atoms with E-state index in [-0.39, 0.29) is 41.0 Å². The number of carboxylic acid groups (broad SMARTS) is 1. The highest BCUT2D eigenvalue weighted by Gasteiger charge is 2.38. The fourth-order valence-electron chi connectivity index (χ4n) is 5.62. The maximum absolute atomic E-state index is 16.2. The number of benzene rings is 2. The Balaban J connectivity index is 0.000000582. The van der Waals surface area contributed by atoms with E-state index in [1.54, 1.807) is 24.3 Å². The Morgan fingerprint density at radius 2 is 1.65 bits per heavy atom. The summed E-state index contributed by atoms with van der Waals surface area (Å²) in [6.07, 6.45) is 0.188. The van der Waals surface area contributed by atoms with Gasteiger partial charge in [-0.05, 0) is 55.3 Å². The molecule has 18 heteroatoms. The number of pyridine rings is 1. The van der Waals surface area contributed by atoms with Crippen molar-refractivity contribution in [2.75, 3.05) is 37.6 Å². The van der Waals surface area contributed by atoms with Gasteiger partial charge in [0.05, 0.1) is 6.04 Å². The monoisotopic (exact) mass is 697 g/mol. The van der Waals surface area contributed by atoms with Crippen LogP contribution in [-0.2, 0) is 15.0 Å². The number of hydrogen-bond donors (Lipinski definition) is 3. The number of nitrogens with one attached hydrogen (secondary N) is 1. The largest absolute Gasteiger partial charge is 0.490 e. The second-order valence-corrected chi connectivity index (χ2v) is 12.4. The summed E-state index contributed by atoms with van der Waals surface area (Å²) in [4.78, 5) is 15.0. The minimum atomic E-state index is -5.08. The summed E-state index contributed by atoms with van der Waals surface area (Å²) in [5, 5.41) is 20.4. The van der Waals surface area contributed by atoms with Crippen molar-refractivity contribution in [1.29, 1.82) is 0 Å². The van der Waals surface area contributed by atoms with Crippen molar-refractivity contribution in [3.8, 4) is 28.1 Å². The Hall–Kier alpha value is -4.52. The van der Waals surface area contributed by atoms with Gasteiger partial charge in [0, 0.05) is 79.3 Å². The van der Waals surface area contributed by atoms with E-state index in [0.29, 0.717) is 12.0 Å². The van der Waals surface area contributed by atoms with Crippen LogP contribution in [0.15, 0.2) is 61.1 Å². The summed E-state index contributed by atoms with van der Waals surface area (Å²) in [6.45, 7) is 3.22. The van der Waals surface area contributed by atoms with E-state index in [2.05, 4.69) is 20.3 Å². The first-order valence-corrected chi connectivity index (χ1v) is 16.0. The summed E-state index contributed by atoms with van der Waals surface area (Å²) >= 11 is 0. The standard InChI is InChI=1S/C28H28F3N7O2S.C2HF3O2/c29-19-14-21(27(31)22(15-19)25-2-1-11-38(25)41(32,39)40)23-17-37(35-28(23)18-5-7-33-8-6-18)26-4-3-20(16-24(26)30)36-12-9-34-10-13-36;3-2(4,5)1(6)7/h3-8,14-17,25,34H,1-2,9-13H2,(H2,32,39,40);(H,6,7). The molecule has 6 rings (SSSR count). The van der Waals surface area contributed by atoms with Crippen molar-refractivity contribution in [3.05, 3.63) is 84.1 Å². The zero-order chi connectivity index (χ0) is 34.8. The smallest absolute Gasteiger partial charge is 0.475 e. The topological polar surface area (TPSA) is 147 Å². The minimum Gasteiger partial charge on any atom is -0.475 e. The molecule has 256 valence electrons. The molecule has 2 aromatic carbocycles. The number of anilines is 1. The molecule has 2 saturated heterocycles.